The van der Waals surface area contributed by atoms with E-state index in [4.69, 9.17) is 0 Å². The molecule has 126 valence electrons. The zero-order valence-corrected chi connectivity index (χ0v) is 15.1. The second-order valence-corrected chi connectivity index (χ2v) is 6.88. The first-order valence-corrected chi connectivity index (χ1v) is 9.47. The van der Waals surface area contributed by atoms with Gasteiger partial charge in [-0.05, 0) is 32.1 Å². The predicted octanol–water partition coefficient (Wildman–Crippen LogP) is 6.79. The molecule has 1 heteroatoms. The van der Waals surface area contributed by atoms with Gasteiger partial charge in [0.05, 0.1) is 5.60 Å². The lowest BCUT2D eigenvalue weighted by molar-refractivity contribution is 0.0182. The molecule has 0 heterocycles. The monoisotopic (exact) mass is 296 g/mol. The van der Waals surface area contributed by atoms with Gasteiger partial charge in [-0.15, -0.1) is 0 Å². The normalized spacial score (nSPS) is 11.8. The Morgan fingerprint density at radius 1 is 0.762 bits per heavy atom. The fraction of sp³-hybridized carbons (Fsp3) is 0.900. The van der Waals surface area contributed by atoms with Crippen molar-refractivity contribution < 1.29 is 5.11 Å². The van der Waals surface area contributed by atoms with Crippen molar-refractivity contribution in [2.75, 3.05) is 0 Å². The molecule has 0 bridgehead atoms. The topological polar surface area (TPSA) is 20.2 Å². The molecule has 0 spiro atoms. The maximum atomic E-state index is 10.9. The highest BCUT2D eigenvalue weighted by molar-refractivity contribution is 5.01. The van der Waals surface area contributed by atoms with E-state index in [-0.39, 0.29) is 0 Å². The van der Waals surface area contributed by atoms with Gasteiger partial charge in [0.15, 0.2) is 0 Å². The first-order valence-electron chi connectivity index (χ1n) is 9.47. The summed E-state index contributed by atoms with van der Waals surface area (Å²) in [6, 6.07) is 0. The van der Waals surface area contributed by atoms with Crippen LogP contribution in [0.25, 0.3) is 0 Å². The summed E-state index contributed by atoms with van der Waals surface area (Å²) >= 11 is 0. The molecule has 0 aromatic carbocycles. The van der Waals surface area contributed by atoms with Crippen molar-refractivity contribution in [1.82, 2.24) is 0 Å². The Labute approximate surface area is 134 Å². The van der Waals surface area contributed by atoms with Gasteiger partial charge in [-0.3, -0.25) is 0 Å². The summed E-state index contributed by atoms with van der Waals surface area (Å²) < 4.78 is 0. The molecule has 0 amide bonds. The summed E-state index contributed by atoms with van der Waals surface area (Å²) in [5, 5.41) is 10.9. The zero-order chi connectivity index (χ0) is 16.0. The fourth-order valence-electron chi connectivity index (χ4n) is 3.02. The molecule has 0 unspecified atom stereocenters. The van der Waals surface area contributed by atoms with Crippen LogP contribution in [0.3, 0.4) is 0 Å². The first-order chi connectivity index (χ1) is 10.1. The van der Waals surface area contributed by atoms with E-state index in [0.717, 1.165) is 38.5 Å². The largest absolute Gasteiger partial charge is 0.390 e. The van der Waals surface area contributed by atoms with Crippen LogP contribution in [0.1, 0.15) is 111 Å². The lowest BCUT2D eigenvalue weighted by atomic mass is 9.84. The van der Waals surface area contributed by atoms with Crippen molar-refractivity contribution >= 4 is 0 Å². The van der Waals surface area contributed by atoms with Crippen LogP contribution in [0.4, 0.5) is 0 Å². The van der Waals surface area contributed by atoms with Gasteiger partial charge in [0.2, 0.25) is 0 Å². The quantitative estimate of drug-likeness (QED) is 0.260. The molecule has 0 aliphatic heterocycles. The zero-order valence-electron chi connectivity index (χ0n) is 15.1. The summed E-state index contributed by atoms with van der Waals surface area (Å²) in [5.74, 6) is 0. The van der Waals surface area contributed by atoms with E-state index in [9.17, 15) is 5.11 Å². The third kappa shape index (κ3) is 12.0. The Morgan fingerprint density at radius 2 is 1.24 bits per heavy atom. The van der Waals surface area contributed by atoms with Crippen LogP contribution in [0, 0.1) is 0 Å². The van der Waals surface area contributed by atoms with Gasteiger partial charge in [0.25, 0.3) is 0 Å². The molecule has 0 atom stereocenters. The van der Waals surface area contributed by atoms with E-state index in [1.54, 1.807) is 0 Å². The summed E-state index contributed by atoms with van der Waals surface area (Å²) in [7, 11) is 0. The van der Waals surface area contributed by atoms with Gasteiger partial charge in [-0.2, -0.15) is 0 Å². The van der Waals surface area contributed by atoms with E-state index in [1.165, 1.54) is 56.9 Å². The highest BCUT2D eigenvalue weighted by Crippen LogP contribution is 2.30. The minimum absolute atomic E-state index is 0.481. The predicted molar refractivity (Wildman–Crippen MR) is 95.7 cm³/mol. The van der Waals surface area contributed by atoms with Crippen LogP contribution in [0.15, 0.2) is 12.2 Å². The standard InChI is InChI=1S/C20H40O/c1-5-8-11-12-13-14-15-19(4)18-20(21,16-9-6-2)17-10-7-3/h21H,4-18H2,1-3H3. The summed E-state index contributed by atoms with van der Waals surface area (Å²) in [4.78, 5) is 0. The molecule has 1 N–H and O–H groups in total. The van der Waals surface area contributed by atoms with Crippen LogP contribution >= 0.6 is 0 Å². The van der Waals surface area contributed by atoms with Gasteiger partial charge in [-0.1, -0.05) is 90.7 Å². The van der Waals surface area contributed by atoms with E-state index in [2.05, 4.69) is 27.4 Å². The van der Waals surface area contributed by atoms with Crippen molar-refractivity contribution in [2.45, 2.75) is 116 Å². The third-order valence-corrected chi connectivity index (χ3v) is 4.45. The van der Waals surface area contributed by atoms with Crippen molar-refractivity contribution in [3.63, 3.8) is 0 Å². The van der Waals surface area contributed by atoms with Crippen LogP contribution < -0.4 is 0 Å². The van der Waals surface area contributed by atoms with E-state index < -0.39 is 5.60 Å². The van der Waals surface area contributed by atoms with Crippen molar-refractivity contribution in [3.8, 4) is 0 Å². The fourth-order valence-corrected chi connectivity index (χ4v) is 3.02. The summed E-state index contributed by atoms with van der Waals surface area (Å²) in [6.07, 6.45) is 16.4. The molecule has 0 aromatic heterocycles. The molecule has 0 aromatic rings. The first kappa shape index (κ1) is 20.7. The van der Waals surface area contributed by atoms with Crippen LogP contribution in [0.5, 0.6) is 0 Å². The molecule has 0 saturated heterocycles. The molecule has 0 aliphatic rings. The molecule has 0 rings (SSSR count). The Balaban J connectivity index is 3.97. The highest BCUT2D eigenvalue weighted by atomic mass is 16.3. The number of aliphatic hydroxyl groups is 1. The number of unbranched alkanes of at least 4 members (excludes halogenated alkanes) is 7. The van der Waals surface area contributed by atoms with Gasteiger partial charge in [0, 0.05) is 0 Å². The molecule has 0 saturated carbocycles. The van der Waals surface area contributed by atoms with Crippen molar-refractivity contribution in [2.24, 2.45) is 0 Å². The summed E-state index contributed by atoms with van der Waals surface area (Å²) in [5.41, 5.74) is 0.783. The smallest absolute Gasteiger partial charge is 0.0684 e. The van der Waals surface area contributed by atoms with Crippen LogP contribution in [-0.4, -0.2) is 10.7 Å². The average Bonchev–Trinajstić information content (AvgIpc) is 2.47. The van der Waals surface area contributed by atoms with Gasteiger partial charge in [0.1, 0.15) is 0 Å². The second-order valence-electron chi connectivity index (χ2n) is 6.88. The van der Waals surface area contributed by atoms with E-state index in [1.807, 2.05) is 0 Å². The van der Waals surface area contributed by atoms with E-state index in [0.29, 0.717) is 0 Å². The average molecular weight is 297 g/mol. The number of rotatable bonds is 15. The Bertz CT molecular complexity index is 236. The number of hydrogen-bond acceptors (Lipinski definition) is 1. The lowest BCUT2D eigenvalue weighted by Gasteiger charge is -2.29. The molecular weight excluding hydrogens is 256 g/mol. The van der Waals surface area contributed by atoms with Gasteiger partial charge < -0.3 is 5.11 Å². The molecule has 0 fully saturated rings. The van der Waals surface area contributed by atoms with Crippen molar-refractivity contribution in [1.29, 1.82) is 0 Å². The van der Waals surface area contributed by atoms with E-state index >= 15 is 0 Å². The minimum Gasteiger partial charge on any atom is -0.390 e. The number of hydrogen-bond donors (Lipinski definition) is 1. The van der Waals surface area contributed by atoms with Gasteiger partial charge in [-0.25, -0.2) is 0 Å². The third-order valence-electron chi connectivity index (χ3n) is 4.45. The SMILES string of the molecule is C=C(CCCCCCCC)CC(O)(CCCC)CCCC. The molecule has 21 heavy (non-hydrogen) atoms. The maximum absolute atomic E-state index is 10.9. The molecule has 1 nitrogen and oxygen atoms in total. The molecule has 0 radical (unpaired) electrons. The Hall–Kier alpha value is -0.300. The lowest BCUT2D eigenvalue weighted by Crippen LogP contribution is -2.29. The van der Waals surface area contributed by atoms with Gasteiger partial charge >= 0.3 is 0 Å². The maximum Gasteiger partial charge on any atom is 0.0684 e. The molecule has 0 aliphatic carbocycles. The summed E-state index contributed by atoms with van der Waals surface area (Å²) in [6.45, 7) is 10.9. The minimum atomic E-state index is -0.481. The van der Waals surface area contributed by atoms with Crippen LogP contribution in [-0.2, 0) is 0 Å². The Morgan fingerprint density at radius 3 is 1.76 bits per heavy atom. The second kappa shape index (κ2) is 13.4. The van der Waals surface area contributed by atoms with Crippen molar-refractivity contribution in [3.05, 3.63) is 12.2 Å². The Kier molecular flexibility index (Phi) is 13.2. The molecular formula is C20H40O. The van der Waals surface area contributed by atoms with Crippen LogP contribution in [0.2, 0.25) is 0 Å². The highest BCUT2D eigenvalue weighted by Gasteiger charge is 2.26.